The van der Waals surface area contributed by atoms with Crippen LogP contribution in [-0.2, 0) is 0 Å². The van der Waals surface area contributed by atoms with Gasteiger partial charge in [-0.1, -0.05) is 6.07 Å². The number of amides is 2. The Bertz CT molecular complexity index is 755. The topological polar surface area (TPSA) is 85.8 Å². The van der Waals surface area contributed by atoms with Crippen molar-refractivity contribution in [3.05, 3.63) is 36.7 Å². The fraction of sp³-hybridized carbons (Fsp3) is 0.389. The molecule has 8 heteroatoms. The Balaban J connectivity index is 1.61. The molecule has 1 fully saturated rings. The molecule has 0 bridgehead atoms. The van der Waals surface area contributed by atoms with Crippen LogP contribution >= 0.6 is 0 Å². The van der Waals surface area contributed by atoms with Gasteiger partial charge in [0.2, 0.25) is 0 Å². The summed E-state index contributed by atoms with van der Waals surface area (Å²) in [5, 5.41) is 2.89. The van der Waals surface area contributed by atoms with Crippen LogP contribution in [0.5, 0.6) is 17.5 Å². The lowest BCUT2D eigenvalue weighted by atomic mass is 10.1. The molecule has 1 aromatic carbocycles. The summed E-state index contributed by atoms with van der Waals surface area (Å²) in [4.78, 5) is 22.5. The Labute approximate surface area is 152 Å². The van der Waals surface area contributed by atoms with Crippen LogP contribution in [0, 0.1) is 0 Å². The predicted molar refractivity (Wildman–Crippen MR) is 95.8 cm³/mol. The Morgan fingerprint density at radius 3 is 2.77 bits per heavy atom. The normalized spacial score (nSPS) is 16.7. The number of rotatable bonds is 5. The average Bonchev–Trinajstić information content (AvgIpc) is 2.69. The predicted octanol–water partition coefficient (Wildman–Crippen LogP) is 2.57. The SMILES string of the molecule is COc1cccc(NC(=O)N2CCCC(Oc3nccnc3OC)C2)c1. The molecule has 2 aromatic rings. The van der Waals surface area contributed by atoms with Crippen molar-refractivity contribution in [2.24, 2.45) is 0 Å². The van der Waals surface area contributed by atoms with E-state index < -0.39 is 0 Å². The van der Waals surface area contributed by atoms with Crippen molar-refractivity contribution in [3.63, 3.8) is 0 Å². The van der Waals surface area contributed by atoms with E-state index in [1.54, 1.807) is 30.5 Å². The lowest BCUT2D eigenvalue weighted by molar-refractivity contribution is 0.0988. The Morgan fingerprint density at radius 2 is 2.00 bits per heavy atom. The third-order valence-electron chi connectivity index (χ3n) is 4.09. The summed E-state index contributed by atoms with van der Waals surface area (Å²) >= 11 is 0. The highest BCUT2D eigenvalue weighted by Gasteiger charge is 2.26. The van der Waals surface area contributed by atoms with Crippen molar-refractivity contribution in [1.29, 1.82) is 0 Å². The van der Waals surface area contributed by atoms with E-state index in [-0.39, 0.29) is 12.1 Å². The first kappa shape index (κ1) is 17.8. The van der Waals surface area contributed by atoms with Gasteiger partial charge < -0.3 is 24.4 Å². The molecule has 3 rings (SSSR count). The molecule has 1 aliphatic rings. The van der Waals surface area contributed by atoms with Gasteiger partial charge in [0, 0.05) is 30.7 Å². The molecule has 2 amide bonds. The molecular weight excluding hydrogens is 336 g/mol. The van der Waals surface area contributed by atoms with Gasteiger partial charge in [-0.2, -0.15) is 0 Å². The lowest BCUT2D eigenvalue weighted by Crippen LogP contribution is -2.46. The second-order valence-electron chi connectivity index (χ2n) is 5.86. The number of methoxy groups -OCH3 is 2. The third-order valence-corrected chi connectivity index (χ3v) is 4.09. The number of anilines is 1. The molecule has 0 saturated carbocycles. The van der Waals surface area contributed by atoms with Gasteiger partial charge in [0.15, 0.2) is 0 Å². The van der Waals surface area contributed by atoms with E-state index >= 15 is 0 Å². The van der Waals surface area contributed by atoms with E-state index in [0.29, 0.717) is 36.3 Å². The zero-order chi connectivity index (χ0) is 18.4. The number of carbonyl (C=O) groups is 1. The van der Waals surface area contributed by atoms with Crippen molar-refractivity contribution >= 4 is 11.7 Å². The van der Waals surface area contributed by atoms with Crippen LogP contribution in [0.3, 0.4) is 0 Å². The van der Waals surface area contributed by atoms with Crippen LogP contribution in [0.15, 0.2) is 36.7 Å². The minimum absolute atomic E-state index is 0.162. The maximum atomic E-state index is 12.6. The minimum atomic E-state index is -0.169. The van der Waals surface area contributed by atoms with E-state index in [1.807, 2.05) is 18.2 Å². The first-order chi connectivity index (χ1) is 12.7. The highest BCUT2D eigenvalue weighted by Crippen LogP contribution is 2.24. The first-order valence-electron chi connectivity index (χ1n) is 8.41. The molecule has 0 radical (unpaired) electrons. The number of nitrogens with one attached hydrogen (secondary N) is 1. The number of piperidine rings is 1. The second kappa shape index (κ2) is 8.37. The van der Waals surface area contributed by atoms with Gasteiger partial charge in [-0.05, 0) is 25.0 Å². The van der Waals surface area contributed by atoms with E-state index in [2.05, 4.69) is 15.3 Å². The zero-order valence-electron chi connectivity index (χ0n) is 14.8. The van der Waals surface area contributed by atoms with Crippen molar-refractivity contribution in [1.82, 2.24) is 14.9 Å². The van der Waals surface area contributed by atoms with Gasteiger partial charge in [0.25, 0.3) is 11.8 Å². The number of nitrogens with zero attached hydrogens (tertiary/aromatic N) is 3. The van der Waals surface area contributed by atoms with Crippen molar-refractivity contribution in [2.75, 3.05) is 32.6 Å². The highest BCUT2D eigenvalue weighted by molar-refractivity contribution is 5.89. The van der Waals surface area contributed by atoms with E-state index in [0.717, 1.165) is 12.8 Å². The molecule has 1 N–H and O–H groups in total. The number of ether oxygens (including phenoxy) is 3. The van der Waals surface area contributed by atoms with Crippen LogP contribution in [0.4, 0.5) is 10.5 Å². The molecule has 1 aliphatic heterocycles. The Morgan fingerprint density at radius 1 is 1.19 bits per heavy atom. The fourth-order valence-corrected chi connectivity index (χ4v) is 2.81. The molecule has 138 valence electrons. The number of likely N-dealkylation sites (tertiary alicyclic amines) is 1. The number of benzene rings is 1. The molecule has 1 atom stereocenters. The number of carbonyl (C=O) groups excluding carboxylic acids is 1. The molecule has 0 spiro atoms. The van der Waals surface area contributed by atoms with Crippen LogP contribution in [-0.4, -0.2) is 54.3 Å². The van der Waals surface area contributed by atoms with Gasteiger partial charge in [-0.15, -0.1) is 0 Å². The standard InChI is InChI=1S/C18H22N4O4/c1-24-14-6-3-5-13(11-14)21-18(23)22-10-4-7-15(12-22)26-17-16(25-2)19-8-9-20-17/h3,5-6,8-9,11,15H,4,7,10,12H2,1-2H3,(H,21,23). The molecule has 1 aromatic heterocycles. The summed E-state index contributed by atoms with van der Waals surface area (Å²) in [6, 6.07) is 7.09. The van der Waals surface area contributed by atoms with E-state index in [1.165, 1.54) is 7.11 Å². The van der Waals surface area contributed by atoms with Crippen LogP contribution in [0.2, 0.25) is 0 Å². The molecule has 26 heavy (non-hydrogen) atoms. The molecule has 2 heterocycles. The molecule has 8 nitrogen and oxygen atoms in total. The molecule has 1 saturated heterocycles. The second-order valence-corrected chi connectivity index (χ2v) is 5.86. The third kappa shape index (κ3) is 4.33. The van der Waals surface area contributed by atoms with Gasteiger partial charge in [0.05, 0.1) is 20.8 Å². The summed E-state index contributed by atoms with van der Waals surface area (Å²) in [5.74, 6) is 1.37. The van der Waals surface area contributed by atoms with Crippen molar-refractivity contribution in [2.45, 2.75) is 18.9 Å². The number of urea groups is 1. The number of aromatic nitrogens is 2. The number of hydrogen-bond acceptors (Lipinski definition) is 6. The van der Waals surface area contributed by atoms with Gasteiger partial charge >= 0.3 is 6.03 Å². The van der Waals surface area contributed by atoms with E-state index in [9.17, 15) is 4.79 Å². The zero-order valence-corrected chi connectivity index (χ0v) is 14.8. The van der Waals surface area contributed by atoms with Crippen molar-refractivity contribution in [3.8, 4) is 17.5 Å². The summed E-state index contributed by atoms with van der Waals surface area (Å²) in [6.45, 7) is 1.14. The quantitative estimate of drug-likeness (QED) is 0.884. The number of hydrogen-bond donors (Lipinski definition) is 1. The summed E-state index contributed by atoms with van der Waals surface area (Å²) in [6.07, 6.45) is 4.61. The Kier molecular flexibility index (Phi) is 5.73. The van der Waals surface area contributed by atoms with Crippen LogP contribution < -0.4 is 19.5 Å². The highest BCUT2D eigenvalue weighted by atomic mass is 16.5. The van der Waals surface area contributed by atoms with Crippen LogP contribution in [0.25, 0.3) is 0 Å². The van der Waals surface area contributed by atoms with Crippen LogP contribution in [0.1, 0.15) is 12.8 Å². The molecular formula is C18H22N4O4. The van der Waals surface area contributed by atoms with Gasteiger partial charge in [-0.25, -0.2) is 14.8 Å². The summed E-state index contributed by atoms with van der Waals surface area (Å²) in [7, 11) is 3.11. The average molecular weight is 358 g/mol. The maximum absolute atomic E-state index is 12.6. The fourth-order valence-electron chi connectivity index (χ4n) is 2.81. The monoisotopic (exact) mass is 358 g/mol. The lowest BCUT2D eigenvalue weighted by Gasteiger charge is -2.32. The summed E-state index contributed by atoms with van der Waals surface area (Å²) in [5.41, 5.74) is 0.688. The van der Waals surface area contributed by atoms with Crippen molar-refractivity contribution < 1.29 is 19.0 Å². The molecule has 1 unspecified atom stereocenters. The van der Waals surface area contributed by atoms with Gasteiger partial charge in [0.1, 0.15) is 11.9 Å². The minimum Gasteiger partial charge on any atom is -0.497 e. The smallest absolute Gasteiger partial charge is 0.321 e. The largest absolute Gasteiger partial charge is 0.497 e. The summed E-state index contributed by atoms with van der Waals surface area (Å²) < 4.78 is 16.2. The Hall–Kier alpha value is -3.03. The first-order valence-corrected chi connectivity index (χ1v) is 8.41. The van der Waals surface area contributed by atoms with E-state index in [4.69, 9.17) is 14.2 Å². The van der Waals surface area contributed by atoms with Gasteiger partial charge in [-0.3, -0.25) is 0 Å². The molecule has 0 aliphatic carbocycles. The maximum Gasteiger partial charge on any atom is 0.321 e.